The van der Waals surface area contributed by atoms with Crippen molar-refractivity contribution in [2.45, 2.75) is 25.4 Å². The van der Waals surface area contributed by atoms with Crippen LogP contribution < -0.4 is 16.0 Å². The van der Waals surface area contributed by atoms with E-state index in [-0.39, 0.29) is 50.3 Å². The summed E-state index contributed by atoms with van der Waals surface area (Å²) in [5, 5.41) is 8.40. The molecule has 4 rings (SSSR count). The smallest absolute Gasteiger partial charge is 0.255 e. The number of nitrogens with one attached hydrogen (secondary N) is 3. The van der Waals surface area contributed by atoms with E-state index in [4.69, 9.17) is 18.9 Å². The van der Waals surface area contributed by atoms with E-state index in [0.29, 0.717) is 56.5 Å². The Balaban J connectivity index is 1.04. The van der Waals surface area contributed by atoms with Crippen LogP contribution in [0.5, 0.6) is 0 Å². The Hall–Kier alpha value is -2.94. The molecular weight excluding hydrogens is 522 g/mol. The highest BCUT2D eigenvalue weighted by Crippen LogP contribution is 2.32. The van der Waals surface area contributed by atoms with Crippen molar-refractivity contribution >= 4 is 29.3 Å². The molecule has 0 aromatic heterocycles. The molecule has 3 aliphatic rings. The summed E-state index contributed by atoms with van der Waals surface area (Å²) in [6.07, 6.45) is 0.459. The molecule has 2 fully saturated rings. The third kappa shape index (κ3) is 8.78. The topological polar surface area (TPSA) is 148 Å². The fourth-order valence-corrected chi connectivity index (χ4v) is 4.84. The number of amides is 4. The van der Waals surface area contributed by atoms with Crippen LogP contribution in [0.25, 0.3) is 0 Å². The van der Waals surface area contributed by atoms with Crippen LogP contribution in [0.2, 0.25) is 0 Å². The Morgan fingerprint density at radius 3 is 2.30 bits per heavy atom. The maximum absolute atomic E-state index is 12.9. The van der Waals surface area contributed by atoms with Crippen molar-refractivity contribution in [1.82, 2.24) is 20.4 Å². The van der Waals surface area contributed by atoms with Gasteiger partial charge in [0.05, 0.1) is 46.2 Å². The molecule has 13 nitrogen and oxygen atoms in total. The summed E-state index contributed by atoms with van der Waals surface area (Å²) < 4.78 is 22.0. The van der Waals surface area contributed by atoms with Crippen LogP contribution in [0.4, 0.5) is 5.69 Å². The second-order valence-corrected chi connectivity index (χ2v) is 9.76. The lowest BCUT2D eigenvalue weighted by Gasteiger charge is -2.29. The zero-order chi connectivity index (χ0) is 28.2. The summed E-state index contributed by atoms with van der Waals surface area (Å²) in [5.74, 6) is -1.47. The molecule has 1 aromatic carbocycles. The van der Waals surface area contributed by atoms with Crippen LogP contribution in [0, 0.1) is 0 Å². The molecule has 2 saturated heterocycles. The molecule has 1 aromatic rings. The van der Waals surface area contributed by atoms with Gasteiger partial charge in [-0.05, 0) is 18.6 Å². The monoisotopic (exact) mass is 561 g/mol. The lowest BCUT2D eigenvalue weighted by molar-refractivity contribution is -0.137. The summed E-state index contributed by atoms with van der Waals surface area (Å²) in [4.78, 5) is 52.9. The number of hydrogen-bond acceptors (Lipinski definition) is 10. The number of rotatable bonds is 16. The predicted molar refractivity (Wildman–Crippen MR) is 144 cm³/mol. The number of ether oxygens (including phenoxy) is 4. The van der Waals surface area contributed by atoms with E-state index in [0.717, 1.165) is 32.7 Å². The van der Waals surface area contributed by atoms with Gasteiger partial charge in [0.2, 0.25) is 17.7 Å². The first-order chi connectivity index (χ1) is 19.5. The molecule has 4 amide bonds. The van der Waals surface area contributed by atoms with Gasteiger partial charge in [-0.3, -0.25) is 29.4 Å². The standard InChI is InChI=1S/C27H39N5O8/c33-24-5-4-23(26(35)30-24)32-18-21-20(27(32)36)2-1-3-22(21)29-25(34)19-40-17-16-39-15-14-38-13-12-37-11-10-31-8-6-28-7-9-31/h1-3,23,28H,4-19H2,(H,29,34)(H,30,33,35). The fourth-order valence-electron chi connectivity index (χ4n) is 4.84. The van der Waals surface area contributed by atoms with Gasteiger partial charge >= 0.3 is 0 Å². The van der Waals surface area contributed by atoms with E-state index in [9.17, 15) is 19.2 Å². The number of piperazine rings is 1. The molecule has 0 bridgehead atoms. The Kier molecular flexibility index (Phi) is 11.8. The second kappa shape index (κ2) is 15.7. The van der Waals surface area contributed by atoms with Crippen molar-refractivity contribution in [2.75, 3.05) is 90.9 Å². The van der Waals surface area contributed by atoms with Gasteiger partial charge in [-0.2, -0.15) is 0 Å². The normalized spacial score (nSPS) is 19.6. The van der Waals surface area contributed by atoms with Crippen molar-refractivity contribution in [3.63, 3.8) is 0 Å². The molecule has 0 radical (unpaired) electrons. The zero-order valence-corrected chi connectivity index (χ0v) is 22.8. The number of benzene rings is 1. The summed E-state index contributed by atoms with van der Waals surface area (Å²) in [6.45, 7) is 8.38. The number of carbonyl (C=O) groups is 4. The molecule has 0 spiro atoms. The Bertz CT molecular complexity index is 1030. The molecule has 0 saturated carbocycles. The van der Waals surface area contributed by atoms with E-state index in [1.54, 1.807) is 18.2 Å². The van der Waals surface area contributed by atoms with Crippen LogP contribution in [0.3, 0.4) is 0 Å². The van der Waals surface area contributed by atoms with Crippen molar-refractivity contribution in [3.8, 4) is 0 Å². The Morgan fingerprint density at radius 1 is 0.925 bits per heavy atom. The van der Waals surface area contributed by atoms with Gasteiger partial charge in [-0.15, -0.1) is 0 Å². The van der Waals surface area contributed by atoms with Crippen LogP contribution in [-0.4, -0.2) is 125 Å². The first-order valence-corrected chi connectivity index (χ1v) is 13.8. The minimum atomic E-state index is -0.712. The first kappa shape index (κ1) is 30.0. The molecule has 1 unspecified atom stereocenters. The van der Waals surface area contributed by atoms with Crippen LogP contribution >= 0.6 is 0 Å². The summed E-state index contributed by atoms with van der Waals surface area (Å²) >= 11 is 0. The van der Waals surface area contributed by atoms with E-state index >= 15 is 0 Å². The number of fused-ring (bicyclic) bond motifs is 1. The molecule has 220 valence electrons. The third-order valence-corrected chi connectivity index (χ3v) is 6.97. The molecule has 0 aliphatic carbocycles. The van der Waals surface area contributed by atoms with Crippen LogP contribution in [0.1, 0.15) is 28.8 Å². The van der Waals surface area contributed by atoms with Gasteiger partial charge in [0.1, 0.15) is 12.6 Å². The van der Waals surface area contributed by atoms with Crippen molar-refractivity contribution in [2.24, 2.45) is 0 Å². The Morgan fingerprint density at radius 2 is 1.60 bits per heavy atom. The van der Waals surface area contributed by atoms with Gasteiger partial charge in [0.15, 0.2) is 0 Å². The maximum atomic E-state index is 12.9. The lowest BCUT2D eigenvalue weighted by atomic mass is 10.0. The van der Waals surface area contributed by atoms with Gasteiger partial charge < -0.3 is 34.5 Å². The molecule has 3 heterocycles. The molecule has 1 atom stereocenters. The quantitative estimate of drug-likeness (QED) is 0.176. The lowest BCUT2D eigenvalue weighted by Crippen LogP contribution is -2.52. The molecule has 40 heavy (non-hydrogen) atoms. The molecule has 3 aliphatic heterocycles. The van der Waals surface area contributed by atoms with Gasteiger partial charge in [0.25, 0.3) is 5.91 Å². The fraction of sp³-hybridized carbons (Fsp3) is 0.630. The first-order valence-electron chi connectivity index (χ1n) is 13.8. The van der Waals surface area contributed by atoms with Gasteiger partial charge in [-0.25, -0.2) is 0 Å². The number of nitrogens with zero attached hydrogens (tertiary/aromatic N) is 2. The van der Waals surface area contributed by atoms with Crippen molar-refractivity contribution in [1.29, 1.82) is 0 Å². The summed E-state index contributed by atoms with van der Waals surface area (Å²) in [6, 6.07) is 4.34. The Labute approximate surface area is 233 Å². The number of carbonyl (C=O) groups excluding carboxylic acids is 4. The largest absolute Gasteiger partial charge is 0.378 e. The van der Waals surface area contributed by atoms with E-state index in [1.165, 1.54) is 4.90 Å². The van der Waals surface area contributed by atoms with Crippen LogP contribution in [0.15, 0.2) is 18.2 Å². The highest BCUT2D eigenvalue weighted by atomic mass is 16.6. The number of piperidine rings is 1. The highest BCUT2D eigenvalue weighted by Gasteiger charge is 2.39. The minimum Gasteiger partial charge on any atom is -0.378 e. The zero-order valence-electron chi connectivity index (χ0n) is 22.8. The average Bonchev–Trinajstić information content (AvgIpc) is 3.29. The van der Waals surface area contributed by atoms with Crippen molar-refractivity contribution in [3.05, 3.63) is 29.3 Å². The third-order valence-electron chi connectivity index (χ3n) is 6.97. The summed E-state index contributed by atoms with van der Waals surface area (Å²) in [5.41, 5.74) is 1.56. The number of anilines is 1. The predicted octanol–water partition coefficient (Wildman–Crippen LogP) is -0.642. The number of hydrogen-bond donors (Lipinski definition) is 3. The molecule has 13 heteroatoms. The summed E-state index contributed by atoms with van der Waals surface area (Å²) in [7, 11) is 0. The van der Waals surface area contributed by atoms with Gasteiger partial charge in [-0.1, -0.05) is 6.07 Å². The highest BCUT2D eigenvalue weighted by molar-refractivity contribution is 6.06. The molecule has 3 N–H and O–H groups in total. The molecular formula is C27H39N5O8. The second-order valence-electron chi connectivity index (χ2n) is 9.76. The van der Waals surface area contributed by atoms with Crippen molar-refractivity contribution < 1.29 is 38.1 Å². The number of imide groups is 1. The van der Waals surface area contributed by atoms with E-state index < -0.39 is 11.9 Å². The SMILES string of the molecule is O=C1CCC(N2Cc3c(NC(=O)COCCOCCOCCOCCN4CCNCC4)cccc3C2=O)C(=O)N1. The van der Waals surface area contributed by atoms with E-state index in [2.05, 4.69) is 20.9 Å². The minimum absolute atomic E-state index is 0.167. The maximum Gasteiger partial charge on any atom is 0.255 e. The average molecular weight is 562 g/mol. The van der Waals surface area contributed by atoms with E-state index in [1.807, 2.05) is 0 Å². The van der Waals surface area contributed by atoms with Crippen LogP contribution in [-0.2, 0) is 39.9 Å². The van der Waals surface area contributed by atoms with Gasteiger partial charge in [0, 0.05) is 62.5 Å².